The number of halogens is 4. The van der Waals surface area contributed by atoms with Crippen molar-refractivity contribution in [2.45, 2.75) is 12.6 Å². The molecule has 0 atom stereocenters. The number of hydrogen-bond donors (Lipinski definition) is 1. The van der Waals surface area contributed by atoms with E-state index in [1.807, 2.05) is 18.2 Å². The first-order valence-corrected chi connectivity index (χ1v) is 9.62. The van der Waals surface area contributed by atoms with Crippen LogP contribution in [0.3, 0.4) is 0 Å². The lowest BCUT2D eigenvalue weighted by molar-refractivity contribution is -0.137. The monoisotopic (exact) mass is 448 g/mol. The number of benzene rings is 2. The molecule has 10 heteroatoms. The Hall–Kier alpha value is -3.33. The summed E-state index contributed by atoms with van der Waals surface area (Å²) in [5.41, 5.74) is 0.887. The summed E-state index contributed by atoms with van der Waals surface area (Å²) in [5, 5.41) is 5.45. The lowest BCUT2D eigenvalue weighted by Gasteiger charge is -2.16. The second-order valence-electron chi connectivity index (χ2n) is 6.98. The summed E-state index contributed by atoms with van der Waals surface area (Å²) in [6, 6.07) is 11.4. The van der Waals surface area contributed by atoms with Crippen LogP contribution in [-0.4, -0.2) is 39.5 Å². The zero-order valence-electron chi connectivity index (χ0n) is 16.2. The Bertz CT molecular complexity index is 1230. The number of aromatic nitrogens is 3. The maximum absolute atomic E-state index is 12.7. The number of carbonyl (C=O) groups is 1. The van der Waals surface area contributed by atoms with Crippen molar-refractivity contribution in [2.75, 3.05) is 13.6 Å². The SMILES string of the molecule is CN(CCc1noc(-c2cc3cc(Cl)ccc3[nH]2)n1)C(=O)c1ccc(C(F)(F)F)cc1. The summed E-state index contributed by atoms with van der Waals surface area (Å²) in [4.78, 5) is 21.3. The van der Waals surface area contributed by atoms with Crippen molar-refractivity contribution >= 4 is 28.4 Å². The van der Waals surface area contributed by atoms with Crippen LogP contribution >= 0.6 is 11.6 Å². The van der Waals surface area contributed by atoms with Crippen molar-refractivity contribution in [1.82, 2.24) is 20.0 Å². The molecule has 0 radical (unpaired) electrons. The number of hydrogen-bond acceptors (Lipinski definition) is 4. The molecule has 0 aliphatic heterocycles. The number of H-pyrrole nitrogens is 1. The first-order chi connectivity index (χ1) is 14.7. The van der Waals surface area contributed by atoms with E-state index in [-0.39, 0.29) is 12.1 Å². The number of carbonyl (C=O) groups excluding carboxylic acids is 1. The topological polar surface area (TPSA) is 75.0 Å². The van der Waals surface area contributed by atoms with E-state index >= 15 is 0 Å². The summed E-state index contributed by atoms with van der Waals surface area (Å²) in [5.74, 6) is 0.308. The van der Waals surface area contributed by atoms with E-state index in [2.05, 4.69) is 15.1 Å². The smallest absolute Gasteiger partial charge is 0.351 e. The lowest BCUT2D eigenvalue weighted by atomic mass is 10.1. The van der Waals surface area contributed by atoms with Gasteiger partial charge in [0.05, 0.1) is 5.56 Å². The van der Waals surface area contributed by atoms with Crippen molar-refractivity contribution < 1.29 is 22.5 Å². The average Bonchev–Trinajstić information content (AvgIpc) is 3.37. The van der Waals surface area contributed by atoms with Gasteiger partial charge in [-0.15, -0.1) is 0 Å². The molecule has 160 valence electrons. The zero-order valence-corrected chi connectivity index (χ0v) is 17.0. The van der Waals surface area contributed by atoms with E-state index in [1.54, 1.807) is 13.1 Å². The molecule has 1 N–H and O–H groups in total. The number of rotatable bonds is 5. The fourth-order valence-corrected chi connectivity index (χ4v) is 3.26. The first-order valence-electron chi connectivity index (χ1n) is 9.24. The van der Waals surface area contributed by atoms with Crippen LogP contribution in [0.25, 0.3) is 22.5 Å². The Kier molecular flexibility index (Phi) is 5.45. The molecule has 0 fully saturated rings. The molecule has 2 aromatic carbocycles. The second kappa shape index (κ2) is 8.07. The molecule has 6 nitrogen and oxygen atoms in total. The minimum atomic E-state index is -4.44. The van der Waals surface area contributed by atoms with Gasteiger partial charge in [0, 0.05) is 41.5 Å². The van der Waals surface area contributed by atoms with E-state index in [0.29, 0.717) is 28.9 Å². The third kappa shape index (κ3) is 4.56. The van der Waals surface area contributed by atoms with E-state index in [4.69, 9.17) is 16.1 Å². The molecule has 31 heavy (non-hydrogen) atoms. The minimum Gasteiger partial charge on any atom is -0.351 e. The number of nitrogens with zero attached hydrogens (tertiary/aromatic N) is 3. The van der Waals surface area contributed by atoms with Crippen molar-refractivity contribution in [3.63, 3.8) is 0 Å². The van der Waals surface area contributed by atoms with Crippen LogP contribution in [0.2, 0.25) is 5.02 Å². The van der Waals surface area contributed by atoms with E-state index < -0.39 is 17.6 Å². The lowest BCUT2D eigenvalue weighted by Crippen LogP contribution is -2.29. The highest BCUT2D eigenvalue weighted by molar-refractivity contribution is 6.31. The summed E-state index contributed by atoms with van der Waals surface area (Å²) >= 11 is 6.00. The van der Waals surface area contributed by atoms with Crippen LogP contribution in [-0.2, 0) is 12.6 Å². The largest absolute Gasteiger partial charge is 0.416 e. The van der Waals surface area contributed by atoms with E-state index in [0.717, 1.165) is 35.2 Å². The minimum absolute atomic E-state index is 0.168. The standard InChI is InChI=1S/C21H16ClF3N4O2/c1-29(20(30)12-2-4-14(5-3-12)21(23,24)25)9-8-18-27-19(31-28-18)17-11-13-10-15(22)6-7-16(13)26-17/h2-7,10-11,26H,8-9H2,1H3. The zero-order chi connectivity index (χ0) is 22.2. The maximum Gasteiger partial charge on any atom is 0.416 e. The Morgan fingerprint density at radius 2 is 1.90 bits per heavy atom. The molecular formula is C21H16ClF3N4O2. The molecule has 4 rings (SSSR count). The molecule has 2 aromatic heterocycles. The number of amides is 1. The first kappa shape index (κ1) is 20.9. The molecule has 0 aliphatic carbocycles. The van der Waals surface area contributed by atoms with Gasteiger partial charge in [-0.2, -0.15) is 18.2 Å². The molecule has 2 heterocycles. The summed E-state index contributed by atoms with van der Waals surface area (Å²) < 4.78 is 43.3. The molecule has 0 saturated heterocycles. The molecule has 0 spiro atoms. The van der Waals surface area contributed by atoms with Crippen molar-refractivity contribution in [3.8, 4) is 11.6 Å². The molecule has 0 aliphatic rings. The summed E-state index contributed by atoms with van der Waals surface area (Å²) in [6.07, 6.45) is -4.13. The Balaban J connectivity index is 1.40. The fourth-order valence-electron chi connectivity index (χ4n) is 3.08. The Labute approximate surface area is 179 Å². The van der Waals surface area contributed by atoms with Gasteiger partial charge in [-0.25, -0.2) is 0 Å². The van der Waals surface area contributed by atoms with Crippen LogP contribution in [0, 0.1) is 0 Å². The number of aromatic amines is 1. The predicted octanol–water partition coefficient (Wildman–Crippen LogP) is 5.20. The second-order valence-corrected chi connectivity index (χ2v) is 7.42. The van der Waals surface area contributed by atoms with Crippen LogP contribution in [0.4, 0.5) is 13.2 Å². The number of likely N-dealkylation sites (N-methyl/N-ethyl adjacent to an activating group) is 1. The van der Waals surface area contributed by atoms with Crippen LogP contribution in [0.15, 0.2) is 53.1 Å². The average molecular weight is 449 g/mol. The predicted molar refractivity (Wildman–Crippen MR) is 109 cm³/mol. The van der Waals surface area contributed by atoms with Gasteiger partial charge in [-0.05, 0) is 48.5 Å². The van der Waals surface area contributed by atoms with Crippen molar-refractivity contribution in [2.24, 2.45) is 0 Å². The van der Waals surface area contributed by atoms with Gasteiger partial charge in [0.15, 0.2) is 5.82 Å². The third-order valence-electron chi connectivity index (χ3n) is 4.76. The van der Waals surface area contributed by atoms with Crippen LogP contribution in [0.1, 0.15) is 21.7 Å². The van der Waals surface area contributed by atoms with Crippen molar-refractivity contribution in [1.29, 1.82) is 0 Å². The molecule has 1 amide bonds. The number of nitrogens with one attached hydrogen (secondary N) is 1. The molecule has 4 aromatic rings. The van der Waals surface area contributed by atoms with Gasteiger partial charge in [0.1, 0.15) is 5.69 Å². The summed E-state index contributed by atoms with van der Waals surface area (Å²) in [6.45, 7) is 0.265. The van der Waals surface area contributed by atoms with Gasteiger partial charge in [-0.3, -0.25) is 4.79 Å². The highest BCUT2D eigenvalue weighted by Crippen LogP contribution is 2.29. The highest BCUT2D eigenvalue weighted by atomic mass is 35.5. The van der Waals surface area contributed by atoms with Gasteiger partial charge in [0.25, 0.3) is 11.8 Å². The van der Waals surface area contributed by atoms with Gasteiger partial charge in [-0.1, -0.05) is 16.8 Å². The van der Waals surface area contributed by atoms with Gasteiger partial charge in [0.2, 0.25) is 0 Å². The molecule has 0 saturated carbocycles. The molecule has 0 bridgehead atoms. The highest BCUT2D eigenvalue weighted by Gasteiger charge is 2.30. The third-order valence-corrected chi connectivity index (χ3v) is 4.99. The van der Waals surface area contributed by atoms with E-state index in [1.165, 1.54) is 4.90 Å². The summed E-state index contributed by atoms with van der Waals surface area (Å²) in [7, 11) is 1.56. The number of fused-ring (bicyclic) bond motifs is 1. The van der Waals surface area contributed by atoms with Gasteiger partial charge < -0.3 is 14.4 Å². The number of alkyl halides is 3. The molecular weight excluding hydrogens is 433 g/mol. The Morgan fingerprint density at radius 3 is 2.61 bits per heavy atom. The Morgan fingerprint density at radius 1 is 1.16 bits per heavy atom. The quantitative estimate of drug-likeness (QED) is 0.455. The normalized spacial score (nSPS) is 11.8. The van der Waals surface area contributed by atoms with Crippen LogP contribution < -0.4 is 0 Å². The van der Waals surface area contributed by atoms with Gasteiger partial charge >= 0.3 is 6.18 Å². The fraction of sp³-hybridized carbons (Fsp3) is 0.190. The maximum atomic E-state index is 12.7. The molecule has 0 unspecified atom stereocenters. The van der Waals surface area contributed by atoms with E-state index in [9.17, 15) is 18.0 Å². The van der Waals surface area contributed by atoms with Crippen LogP contribution in [0.5, 0.6) is 0 Å². The van der Waals surface area contributed by atoms with Crippen molar-refractivity contribution in [3.05, 3.63) is 70.5 Å².